The number of carbonyl (C=O) groups excluding carboxylic acids is 2. The van der Waals surface area contributed by atoms with Crippen LogP contribution in [0.25, 0.3) is 0 Å². The van der Waals surface area contributed by atoms with Gasteiger partial charge in [0.2, 0.25) is 6.10 Å². The lowest BCUT2D eigenvalue weighted by atomic mass is 10.1. The number of anilines is 1. The number of halogens is 2. The minimum absolute atomic E-state index is 0.189. The molecule has 0 aliphatic heterocycles. The molecule has 1 N–H and O–H groups in total. The number of esters is 1. The van der Waals surface area contributed by atoms with Crippen LogP contribution in [0.2, 0.25) is 5.02 Å². The standard InChI is InChI=1S/C23H19ClFNO3/c1-14-8-9-15(2)20(12-14)26-22(27)21(16-6-4-3-5-7-16)29-23(28)18-13-17(24)10-11-19(18)25/h3-13,21H,1-2H3,(H,26,27)/t21-/m1/s1. The predicted molar refractivity (Wildman–Crippen MR) is 111 cm³/mol. The van der Waals surface area contributed by atoms with E-state index in [1.54, 1.807) is 30.3 Å². The smallest absolute Gasteiger partial charge is 0.342 e. The van der Waals surface area contributed by atoms with E-state index in [4.69, 9.17) is 16.3 Å². The number of aryl methyl sites for hydroxylation is 2. The molecule has 3 aromatic carbocycles. The second kappa shape index (κ2) is 8.88. The summed E-state index contributed by atoms with van der Waals surface area (Å²) in [6.45, 7) is 3.77. The zero-order valence-electron chi connectivity index (χ0n) is 15.9. The Bertz CT molecular complexity index is 1050. The molecule has 0 radical (unpaired) electrons. The normalized spacial score (nSPS) is 11.6. The van der Waals surface area contributed by atoms with Gasteiger partial charge in [-0.25, -0.2) is 9.18 Å². The van der Waals surface area contributed by atoms with Crippen LogP contribution in [0.3, 0.4) is 0 Å². The SMILES string of the molecule is Cc1ccc(C)c(NC(=O)[C@H](OC(=O)c2cc(Cl)ccc2F)c2ccccc2)c1. The van der Waals surface area contributed by atoms with Crippen molar-refractivity contribution in [1.29, 1.82) is 0 Å². The fourth-order valence-electron chi connectivity index (χ4n) is 2.79. The van der Waals surface area contributed by atoms with Crippen LogP contribution in [-0.4, -0.2) is 11.9 Å². The monoisotopic (exact) mass is 411 g/mol. The Balaban J connectivity index is 1.91. The Morgan fingerprint density at radius 3 is 2.45 bits per heavy atom. The highest BCUT2D eigenvalue weighted by Crippen LogP contribution is 2.25. The summed E-state index contributed by atoms with van der Waals surface area (Å²) in [5.74, 6) is -2.29. The van der Waals surface area contributed by atoms with Gasteiger partial charge in [-0.1, -0.05) is 54.1 Å². The summed E-state index contributed by atoms with van der Waals surface area (Å²) in [4.78, 5) is 25.6. The zero-order chi connectivity index (χ0) is 21.0. The maximum Gasteiger partial charge on any atom is 0.342 e. The summed E-state index contributed by atoms with van der Waals surface area (Å²) in [6, 6.07) is 17.8. The lowest BCUT2D eigenvalue weighted by molar-refractivity contribution is -0.125. The van der Waals surface area contributed by atoms with Crippen LogP contribution in [0.1, 0.15) is 33.2 Å². The van der Waals surface area contributed by atoms with Crippen molar-refractivity contribution in [2.45, 2.75) is 20.0 Å². The lowest BCUT2D eigenvalue weighted by Gasteiger charge is -2.19. The topological polar surface area (TPSA) is 55.4 Å². The summed E-state index contributed by atoms with van der Waals surface area (Å²) in [6.07, 6.45) is -1.26. The van der Waals surface area contributed by atoms with Gasteiger partial charge in [-0.05, 0) is 49.2 Å². The fourth-order valence-corrected chi connectivity index (χ4v) is 2.97. The van der Waals surface area contributed by atoms with Gasteiger partial charge in [0, 0.05) is 16.3 Å². The Morgan fingerprint density at radius 1 is 1.00 bits per heavy atom. The first-order valence-corrected chi connectivity index (χ1v) is 9.32. The molecule has 0 aliphatic carbocycles. The highest BCUT2D eigenvalue weighted by molar-refractivity contribution is 6.30. The van der Waals surface area contributed by atoms with E-state index in [1.165, 1.54) is 12.1 Å². The summed E-state index contributed by atoms with van der Waals surface area (Å²) in [5.41, 5.74) is 2.58. The summed E-state index contributed by atoms with van der Waals surface area (Å²) in [7, 11) is 0. The van der Waals surface area contributed by atoms with Gasteiger partial charge in [0.1, 0.15) is 5.82 Å². The van der Waals surface area contributed by atoms with Crippen LogP contribution in [0.4, 0.5) is 10.1 Å². The third-order valence-corrected chi connectivity index (χ3v) is 4.60. The third kappa shape index (κ3) is 5.00. The molecular formula is C23H19ClFNO3. The van der Waals surface area contributed by atoms with Crippen molar-refractivity contribution < 1.29 is 18.7 Å². The van der Waals surface area contributed by atoms with Gasteiger partial charge in [0.25, 0.3) is 5.91 Å². The highest BCUT2D eigenvalue weighted by Gasteiger charge is 2.27. The average Bonchev–Trinajstić information content (AvgIpc) is 2.71. The van der Waals surface area contributed by atoms with Crippen LogP contribution in [-0.2, 0) is 9.53 Å². The number of amides is 1. The van der Waals surface area contributed by atoms with E-state index in [2.05, 4.69) is 5.32 Å². The first-order valence-electron chi connectivity index (χ1n) is 8.94. The average molecular weight is 412 g/mol. The van der Waals surface area contributed by atoms with Gasteiger partial charge < -0.3 is 10.1 Å². The molecule has 0 spiro atoms. The van der Waals surface area contributed by atoms with E-state index in [0.29, 0.717) is 11.3 Å². The molecule has 4 nitrogen and oxygen atoms in total. The van der Waals surface area contributed by atoms with Crippen molar-refractivity contribution in [3.63, 3.8) is 0 Å². The van der Waals surface area contributed by atoms with Gasteiger partial charge in [0.05, 0.1) is 5.56 Å². The number of carbonyl (C=O) groups is 2. The van der Waals surface area contributed by atoms with E-state index in [-0.39, 0.29) is 10.6 Å². The van der Waals surface area contributed by atoms with Crippen LogP contribution >= 0.6 is 11.6 Å². The van der Waals surface area contributed by atoms with Gasteiger partial charge in [-0.15, -0.1) is 0 Å². The van der Waals surface area contributed by atoms with Crippen LogP contribution in [0.15, 0.2) is 66.7 Å². The second-order valence-electron chi connectivity index (χ2n) is 6.63. The Kier molecular flexibility index (Phi) is 6.29. The van der Waals surface area contributed by atoms with Crippen molar-refractivity contribution in [2.24, 2.45) is 0 Å². The van der Waals surface area contributed by atoms with E-state index in [0.717, 1.165) is 17.2 Å². The number of rotatable bonds is 5. The summed E-state index contributed by atoms with van der Waals surface area (Å²) in [5, 5.41) is 2.99. The quantitative estimate of drug-likeness (QED) is 0.553. The molecule has 0 fully saturated rings. The van der Waals surface area contributed by atoms with E-state index in [9.17, 15) is 14.0 Å². The largest absolute Gasteiger partial charge is 0.444 e. The molecule has 0 saturated heterocycles. The van der Waals surface area contributed by atoms with Crippen molar-refractivity contribution >= 4 is 29.2 Å². The molecule has 1 atom stereocenters. The molecule has 0 unspecified atom stereocenters. The molecule has 0 aromatic heterocycles. The summed E-state index contributed by atoms with van der Waals surface area (Å²) < 4.78 is 19.5. The molecule has 29 heavy (non-hydrogen) atoms. The summed E-state index contributed by atoms with van der Waals surface area (Å²) >= 11 is 5.86. The molecular weight excluding hydrogens is 393 g/mol. The van der Waals surface area contributed by atoms with Gasteiger partial charge in [0.15, 0.2) is 0 Å². The first kappa shape index (κ1) is 20.6. The fraction of sp³-hybridized carbons (Fsp3) is 0.130. The molecule has 3 rings (SSSR count). The van der Waals surface area contributed by atoms with Crippen LogP contribution in [0.5, 0.6) is 0 Å². The molecule has 3 aromatic rings. The second-order valence-corrected chi connectivity index (χ2v) is 7.06. The number of nitrogens with one attached hydrogen (secondary N) is 1. The molecule has 6 heteroatoms. The van der Waals surface area contributed by atoms with Crippen LogP contribution < -0.4 is 5.32 Å². The van der Waals surface area contributed by atoms with Crippen LogP contribution in [0, 0.1) is 19.7 Å². The Labute approximate surface area is 173 Å². The third-order valence-electron chi connectivity index (χ3n) is 4.36. The predicted octanol–water partition coefficient (Wildman–Crippen LogP) is 5.63. The van der Waals surface area contributed by atoms with E-state index >= 15 is 0 Å². The zero-order valence-corrected chi connectivity index (χ0v) is 16.7. The highest BCUT2D eigenvalue weighted by atomic mass is 35.5. The number of benzene rings is 3. The van der Waals surface area contributed by atoms with Crippen molar-refractivity contribution in [1.82, 2.24) is 0 Å². The number of hydrogen-bond acceptors (Lipinski definition) is 3. The number of hydrogen-bond donors (Lipinski definition) is 1. The minimum Gasteiger partial charge on any atom is -0.444 e. The van der Waals surface area contributed by atoms with E-state index in [1.807, 2.05) is 32.0 Å². The minimum atomic E-state index is -1.26. The lowest BCUT2D eigenvalue weighted by Crippen LogP contribution is -2.26. The molecule has 1 amide bonds. The molecule has 148 valence electrons. The van der Waals surface area contributed by atoms with E-state index < -0.39 is 23.8 Å². The van der Waals surface area contributed by atoms with Gasteiger partial charge in [-0.3, -0.25) is 4.79 Å². The maximum atomic E-state index is 14.1. The van der Waals surface area contributed by atoms with Crippen molar-refractivity contribution in [3.05, 3.63) is 99.8 Å². The molecule has 0 aliphatic rings. The molecule has 0 bridgehead atoms. The molecule has 0 heterocycles. The Hall–Kier alpha value is -3.18. The first-order chi connectivity index (χ1) is 13.8. The van der Waals surface area contributed by atoms with Gasteiger partial charge in [-0.2, -0.15) is 0 Å². The maximum absolute atomic E-state index is 14.1. The van der Waals surface area contributed by atoms with Gasteiger partial charge >= 0.3 is 5.97 Å². The van der Waals surface area contributed by atoms with Crippen molar-refractivity contribution in [3.8, 4) is 0 Å². The Morgan fingerprint density at radius 2 is 1.72 bits per heavy atom. The van der Waals surface area contributed by atoms with Crippen molar-refractivity contribution in [2.75, 3.05) is 5.32 Å². The molecule has 0 saturated carbocycles. The number of ether oxygens (including phenoxy) is 1.